The van der Waals surface area contributed by atoms with Crippen molar-refractivity contribution in [3.8, 4) is 5.75 Å². The summed E-state index contributed by atoms with van der Waals surface area (Å²) in [7, 11) is 0. The van der Waals surface area contributed by atoms with Crippen LogP contribution in [0.2, 0.25) is 0 Å². The van der Waals surface area contributed by atoms with Crippen molar-refractivity contribution in [1.29, 1.82) is 0 Å². The molecule has 21 heavy (non-hydrogen) atoms. The predicted octanol–water partition coefficient (Wildman–Crippen LogP) is 0.166. The zero-order valence-electron chi connectivity index (χ0n) is 12.2. The maximum Gasteiger partial charge on any atom is 0.258 e. The Labute approximate surface area is 124 Å². The SMILES string of the molecule is Cc1ccc(OCCN)c(C(=O)N2CCOC[C@@H]2CO)c1. The molecule has 1 atom stereocenters. The topological polar surface area (TPSA) is 85.0 Å². The summed E-state index contributed by atoms with van der Waals surface area (Å²) >= 11 is 0. The third-order valence-electron chi connectivity index (χ3n) is 3.44. The monoisotopic (exact) mass is 294 g/mol. The minimum atomic E-state index is -0.311. The summed E-state index contributed by atoms with van der Waals surface area (Å²) in [5.74, 6) is 0.382. The molecule has 1 aliphatic rings. The first-order valence-corrected chi connectivity index (χ1v) is 7.10. The van der Waals surface area contributed by atoms with Gasteiger partial charge < -0.3 is 25.2 Å². The van der Waals surface area contributed by atoms with Crippen molar-refractivity contribution in [3.05, 3.63) is 29.3 Å². The number of ether oxygens (including phenoxy) is 2. The normalized spacial score (nSPS) is 18.6. The van der Waals surface area contributed by atoms with Gasteiger partial charge in [0.25, 0.3) is 5.91 Å². The molecule has 6 heteroatoms. The predicted molar refractivity (Wildman–Crippen MR) is 78.5 cm³/mol. The van der Waals surface area contributed by atoms with E-state index in [0.717, 1.165) is 5.56 Å². The van der Waals surface area contributed by atoms with Gasteiger partial charge in [-0.15, -0.1) is 0 Å². The van der Waals surface area contributed by atoms with Gasteiger partial charge in [0.2, 0.25) is 0 Å². The van der Waals surface area contributed by atoms with E-state index >= 15 is 0 Å². The molecule has 116 valence electrons. The molecule has 2 rings (SSSR count). The van der Waals surface area contributed by atoms with Crippen LogP contribution < -0.4 is 10.5 Å². The van der Waals surface area contributed by atoms with Gasteiger partial charge in [0.1, 0.15) is 12.4 Å². The number of carbonyl (C=O) groups is 1. The highest BCUT2D eigenvalue weighted by atomic mass is 16.5. The first-order chi connectivity index (χ1) is 10.2. The Morgan fingerprint density at radius 2 is 2.38 bits per heavy atom. The number of aliphatic hydroxyl groups excluding tert-OH is 1. The number of amides is 1. The van der Waals surface area contributed by atoms with E-state index in [1.54, 1.807) is 17.0 Å². The van der Waals surface area contributed by atoms with Crippen LogP contribution in [0.1, 0.15) is 15.9 Å². The molecule has 1 heterocycles. The summed E-state index contributed by atoms with van der Waals surface area (Å²) in [4.78, 5) is 14.4. The molecular weight excluding hydrogens is 272 g/mol. The molecule has 1 amide bonds. The van der Waals surface area contributed by atoms with E-state index in [-0.39, 0.29) is 18.6 Å². The standard InChI is InChI=1S/C15H22N2O4/c1-11-2-3-14(21-6-4-16)13(8-11)15(19)17-5-7-20-10-12(17)9-18/h2-3,8,12,18H,4-7,9-10,16H2,1H3/t12-/m0/s1. The summed E-state index contributed by atoms with van der Waals surface area (Å²) in [5.41, 5.74) is 6.93. The van der Waals surface area contributed by atoms with Crippen molar-refractivity contribution in [2.45, 2.75) is 13.0 Å². The van der Waals surface area contributed by atoms with Crippen LogP contribution in [0.4, 0.5) is 0 Å². The lowest BCUT2D eigenvalue weighted by Gasteiger charge is -2.34. The van der Waals surface area contributed by atoms with E-state index in [2.05, 4.69) is 0 Å². The number of nitrogens with zero attached hydrogens (tertiary/aromatic N) is 1. The van der Waals surface area contributed by atoms with Crippen LogP contribution in [0.5, 0.6) is 5.75 Å². The Kier molecular flexibility index (Phi) is 5.55. The molecule has 3 N–H and O–H groups in total. The Balaban J connectivity index is 2.26. The molecule has 1 aromatic carbocycles. The fourth-order valence-corrected chi connectivity index (χ4v) is 2.33. The maximum atomic E-state index is 12.8. The van der Waals surface area contributed by atoms with Crippen molar-refractivity contribution < 1.29 is 19.4 Å². The van der Waals surface area contributed by atoms with Crippen LogP contribution in [0.3, 0.4) is 0 Å². The lowest BCUT2D eigenvalue weighted by Crippen LogP contribution is -2.50. The Bertz CT molecular complexity index is 493. The maximum absolute atomic E-state index is 12.8. The molecule has 1 aliphatic heterocycles. The Hall–Kier alpha value is -1.63. The van der Waals surface area contributed by atoms with Crippen molar-refractivity contribution in [2.24, 2.45) is 5.73 Å². The highest BCUT2D eigenvalue weighted by Crippen LogP contribution is 2.23. The largest absolute Gasteiger partial charge is 0.491 e. The molecule has 0 bridgehead atoms. The molecule has 0 saturated carbocycles. The minimum Gasteiger partial charge on any atom is -0.491 e. The third kappa shape index (κ3) is 3.72. The van der Waals surface area contributed by atoms with Crippen LogP contribution in [0.25, 0.3) is 0 Å². The lowest BCUT2D eigenvalue weighted by atomic mass is 10.1. The van der Waals surface area contributed by atoms with Crippen molar-refractivity contribution >= 4 is 5.91 Å². The number of morpholine rings is 1. The van der Waals surface area contributed by atoms with E-state index < -0.39 is 0 Å². The number of rotatable bonds is 5. The smallest absolute Gasteiger partial charge is 0.258 e. The summed E-state index contributed by atoms with van der Waals surface area (Å²) in [6.07, 6.45) is 0. The van der Waals surface area contributed by atoms with Crippen LogP contribution in [0.15, 0.2) is 18.2 Å². The number of aliphatic hydroxyl groups is 1. The van der Waals surface area contributed by atoms with E-state index in [1.807, 2.05) is 13.0 Å². The lowest BCUT2D eigenvalue weighted by molar-refractivity contribution is -0.0185. The summed E-state index contributed by atoms with van der Waals surface area (Å²) in [6, 6.07) is 5.17. The highest BCUT2D eigenvalue weighted by Gasteiger charge is 2.29. The second-order valence-electron chi connectivity index (χ2n) is 5.05. The minimum absolute atomic E-state index is 0.115. The number of hydrogen-bond acceptors (Lipinski definition) is 5. The van der Waals surface area contributed by atoms with Gasteiger partial charge in [0.05, 0.1) is 31.4 Å². The van der Waals surface area contributed by atoms with Gasteiger partial charge in [-0.1, -0.05) is 11.6 Å². The van der Waals surface area contributed by atoms with Crippen LogP contribution >= 0.6 is 0 Å². The van der Waals surface area contributed by atoms with E-state index in [9.17, 15) is 9.90 Å². The Morgan fingerprint density at radius 3 is 3.10 bits per heavy atom. The van der Waals surface area contributed by atoms with Crippen molar-refractivity contribution in [3.63, 3.8) is 0 Å². The molecule has 1 aromatic rings. The Morgan fingerprint density at radius 1 is 1.57 bits per heavy atom. The quantitative estimate of drug-likeness (QED) is 0.808. The van der Waals surface area contributed by atoms with Crippen molar-refractivity contribution in [2.75, 3.05) is 39.5 Å². The molecular formula is C15H22N2O4. The average Bonchev–Trinajstić information content (AvgIpc) is 2.53. The summed E-state index contributed by atoms with van der Waals surface area (Å²) < 4.78 is 10.9. The van der Waals surface area contributed by atoms with Gasteiger partial charge in [-0.3, -0.25) is 4.79 Å². The van der Waals surface area contributed by atoms with Gasteiger partial charge >= 0.3 is 0 Å². The average molecular weight is 294 g/mol. The molecule has 0 radical (unpaired) electrons. The number of carbonyl (C=O) groups excluding carboxylic acids is 1. The first-order valence-electron chi connectivity index (χ1n) is 7.10. The van der Waals surface area contributed by atoms with Gasteiger partial charge in [-0.05, 0) is 19.1 Å². The van der Waals surface area contributed by atoms with Gasteiger partial charge in [0, 0.05) is 13.1 Å². The highest BCUT2D eigenvalue weighted by molar-refractivity contribution is 5.97. The number of aryl methyl sites for hydroxylation is 1. The molecule has 0 aliphatic carbocycles. The molecule has 0 unspecified atom stereocenters. The zero-order chi connectivity index (χ0) is 15.2. The fraction of sp³-hybridized carbons (Fsp3) is 0.533. The molecule has 1 fully saturated rings. The second-order valence-corrected chi connectivity index (χ2v) is 5.05. The van der Waals surface area contributed by atoms with Crippen LogP contribution in [-0.4, -0.2) is 61.5 Å². The van der Waals surface area contributed by atoms with Crippen LogP contribution in [-0.2, 0) is 4.74 Å². The third-order valence-corrected chi connectivity index (χ3v) is 3.44. The molecule has 6 nitrogen and oxygen atoms in total. The van der Waals surface area contributed by atoms with E-state index in [1.165, 1.54) is 0 Å². The van der Waals surface area contributed by atoms with Crippen molar-refractivity contribution in [1.82, 2.24) is 4.90 Å². The second kappa shape index (κ2) is 7.40. The summed E-state index contributed by atoms with van der Waals surface area (Å²) in [6.45, 7) is 3.85. The number of benzene rings is 1. The van der Waals surface area contributed by atoms with Crippen LogP contribution in [0, 0.1) is 6.92 Å². The molecule has 0 spiro atoms. The zero-order valence-corrected chi connectivity index (χ0v) is 12.2. The fourth-order valence-electron chi connectivity index (χ4n) is 2.33. The van der Waals surface area contributed by atoms with Gasteiger partial charge in [0.15, 0.2) is 0 Å². The first kappa shape index (κ1) is 15.8. The van der Waals surface area contributed by atoms with E-state index in [4.69, 9.17) is 15.2 Å². The molecule has 0 aromatic heterocycles. The van der Waals surface area contributed by atoms with E-state index in [0.29, 0.717) is 44.2 Å². The van der Waals surface area contributed by atoms with Gasteiger partial charge in [-0.25, -0.2) is 0 Å². The molecule has 1 saturated heterocycles. The summed E-state index contributed by atoms with van der Waals surface area (Å²) in [5, 5.41) is 9.40. The van der Waals surface area contributed by atoms with Gasteiger partial charge in [-0.2, -0.15) is 0 Å². The number of hydrogen-bond donors (Lipinski definition) is 2. The number of nitrogens with two attached hydrogens (primary N) is 1.